The fourth-order valence-electron chi connectivity index (χ4n) is 2.11. The van der Waals surface area contributed by atoms with E-state index in [2.05, 4.69) is 5.32 Å². The third kappa shape index (κ3) is 3.14. The zero-order valence-corrected chi connectivity index (χ0v) is 11.5. The lowest BCUT2D eigenvalue weighted by atomic mass is 10.2. The van der Waals surface area contributed by atoms with E-state index in [0.29, 0.717) is 13.0 Å². The molecular formula is C14H17N3O3. The third-order valence-electron chi connectivity index (χ3n) is 2.99. The van der Waals surface area contributed by atoms with Crippen molar-refractivity contribution in [3.63, 3.8) is 0 Å². The molecular weight excluding hydrogens is 258 g/mol. The number of aromatic nitrogens is 1. The van der Waals surface area contributed by atoms with Crippen LogP contribution in [0.3, 0.4) is 0 Å². The van der Waals surface area contributed by atoms with Crippen LogP contribution < -0.4 is 5.32 Å². The summed E-state index contributed by atoms with van der Waals surface area (Å²) in [6.45, 7) is 4.39. The first-order valence-corrected chi connectivity index (χ1v) is 6.50. The number of hydrogen-bond donors (Lipinski definition) is 1. The van der Waals surface area contributed by atoms with Gasteiger partial charge in [-0.1, -0.05) is 0 Å². The lowest BCUT2D eigenvalue weighted by Crippen LogP contribution is -2.30. The lowest BCUT2D eigenvalue weighted by Gasteiger charge is -2.09. The normalized spacial score (nSPS) is 10.9. The molecule has 0 bridgehead atoms. The van der Waals surface area contributed by atoms with E-state index < -0.39 is 4.92 Å². The minimum Gasteiger partial charge on any atom is -0.354 e. The molecule has 1 amide bonds. The van der Waals surface area contributed by atoms with Crippen molar-refractivity contribution in [1.29, 1.82) is 0 Å². The van der Waals surface area contributed by atoms with Gasteiger partial charge in [0.05, 0.1) is 4.92 Å². The maximum atomic E-state index is 11.6. The minimum atomic E-state index is -0.410. The Morgan fingerprint density at radius 3 is 2.80 bits per heavy atom. The summed E-state index contributed by atoms with van der Waals surface area (Å²) in [7, 11) is 0. The number of benzene rings is 1. The molecule has 0 saturated carbocycles. The summed E-state index contributed by atoms with van der Waals surface area (Å²) in [5.41, 5.74) is 0.973. The highest BCUT2D eigenvalue weighted by molar-refractivity contribution is 5.83. The van der Waals surface area contributed by atoms with E-state index in [-0.39, 0.29) is 17.6 Å². The first-order valence-electron chi connectivity index (χ1n) is 6.50. The molecule has 0 aliphatic carbocycles. The van der Waals surface area contributed by atoms with Crippen LogP contribution in [0.1, 0.15) is 20.3 Å². The fourth-order valence-corrected chi connectivity index (χ4v) is 2.11. The van der Waals surface area contributed by atoms with E-state index >= 15 is 0 Å². The number of nitrogens with zero attached hydrogens (tertiary/aromatic N) is 2. The van der Waals surface area contributed by atoms with E-state index in [9.17, 15) is 14.9 Å². The molecule has 1 N–H and O–H groups in total. The SMILES string of the molecule is CC(C)NC(=O)CCn1ccc2cc([N+](=O)[O-])ccc21. The van der Waals surface area contributed by atoms with Gasteiger partial charge in [-0.3, -0.25) is 14.9 Å². The Balaban J connectivity index is 2.12. The smallest absolute Gasteiger partial charge is 0.270 e. The van der Waals surface area contributed by atoms with Gasteiger partial charge in [0.2, 0.25) is 5.91 Å². The molecule has 0 spiro atoms. The van der Waals surface area contributed by atoms with Gasteiger partial charge in [-0.15, -0.1) is 0 Å². The first kappa shape index (κ1) is 14.0. The number of fused-ring (bicyclic) bond motifs is 1. The van der Waals surface area contributed by atoms with Crippen LogP contribution in [0.15, 0.2) is 30.5 Å². The summed E-state index contributed by atoms with van der Waals surface area (Å²) in [4.78, 5) is 21.9. The average molecular weight is 275 g/mol. The molecule has 0 radical (unpaired) electrons. The van der Waals surface area contributed by atoms with E-state index in [0.717, 1.165) is 10.9 Å². The summed E-state index contributed by atoms with van der Waals surface area (Å²) in [6, 6.07) is 6.69. The highest BCUT2D eigenvalue weighted by Gasteiger charge is 2.09. The molecule has 2 aromatic rings. The third-order valence-corrected chi connectivity index (χ3v) is 2.99. The summed E-state index contributed by atoms with van der Waals surface area (Å²) >= 11 is 0. The summed E-state index contributed by atoms with van der Waals surface area (Å²) in [5.74, 6) is 0.00348. The molecule has 0 aliphatic heterocycles. The summed E-state index contributed by atoms with van der Waals surface area (Å²) in [6.07, 6.45) is 2.23. The fraction of sp³-hybridized carbons (Fsp3) is 0.357. The Kier molecular flexibility index (Phi) is 4.02. The van der Waals surface area contributed by atoms with Crippen LogP contribution in [0.25, 0.3) is 10.9 Å². The van der Waals surface area contributed by atoms with Crippen LogP contribution in [-0.2, 0) is 11.3 Å². The number of amides is 1. The molecule has 1 heterocycles. The van der Waals surface area contributed by atoms with Crippen molar-refractivity contribution in [2.45, 2.75) is 32.9 Å². The lowest BCUT2D eigenvalue weighted by molar-refractivity contribution is -0.384. The number of hydrogen-bond acceptors (Lipinski definition) is 3. The first-order chi connectivity index (χ1) is 9.47. The second-order valence-corrected chi connectivity index (χ2v) is 4.98. The molecule has 1 aromatic carbocycles. The molecule has 6 nitrogen and oxygen atoms in total. The van der Waals surface area contributed by atoms with Crippen LogP contribution in [0.4, 0.5) is 5.69 Å². The second kappa shape index (κ2) is 5.73. The number of nitrogens with one attached hydrogen (secondary N) is 1. The molecule has 2 rings (SSSR count). The Morgan fingerprint density at radius 1 is 1.40 bits per heavy atom. The van der Waals surface area contributed by atoms with Crippen molar-refractivity contribution in [1.82, 2.24) is 9.88 Å². The van der Waals surface area contributed by atoms with Gasteiger partial charge in [0.1, 0.15) is 0 Å². The van der Waals surface area contributed by atoms with Crippen LogP contribution in [0, 0.1) is 10.1 Å². The van der Waals surface area contributed by atoms with Gasteiger partial charge in [-0.25, -0.2) is 0 Å². The van der Waals surface area contributed by atoms with Gasteiger partial charge >= 0.3 is 0 Å². The zero-order valence-electron chi connectivity index (χ0n) is 11.5. The van der Waals surface area contributed by atoms with E-state index in [1.807, 2.05) is 30.7 Å². The molecule has 1 aromatic heterocycles. The number of nitro groups is 1. The molecule has 0 unspecified atom stereocenters. The van der Waals surface area contributed by atoms with Crippen molar-refractivity contribution < 1.29 is 9.72 Å². The predicted octanol–water partition coefficient (Wildman–Crippen LogP) is 2.46. The maximum absolute atomic E-state index is 11.6. The number of carbonyl (C=O) groups excluding carboxylic acids is 1. The summed E-state index contributed by atoms with van der Waals surface area (Å²) < 4.78 is 1.93. The number of carbonyl (C=O) groups is 1. The van der Waals surface area contributed by atoms with Gasteiger partial charge in [0.25, 0.3) is 5.69 Å². The predicted molar refractivity (Wildman–Crippen MR) is 76.5 cm³/mol. The Hall–Kier alpha value is -2.37. The molecule has 0 fully saturated rings. The minimum absolute atomic E-state index is 0.00348. The molecule has 20 heavy (non-hydrogen) atoms. The van der Waals surface area contributed by atoms with Crippen molar-refractivity contribution >= 4 is 22.5 Å². The monoisotopic (exact) mass is 275 g/mol. The van der Waals surface area contributed by atoms with Crippen molar-refractivity contribution in [2.24, 2.45) is 0 Å². The number of nitro benzene ring substituents is 1. The highest BCUT2D eigenvalue weighted by Crippen LogP contribution is 2.22. The van der Waals surface area contributed by atoms with Gasteiger partial charge < -0.3 is 9.88 Å². The quantitative estimate of drug-likeness (QED) is 0.672. The van der Waals surface area contributed by atoms with Crippen LogP contribution >= 0.6 is 0 Å². The van der Waals surface area contributed by atoms with Crippen molar-refractivity contribution in [2.75, 3.05) is 0 Å². The largest absolute Gasteiger partial charge is 0.354 e. The number of aryl methyl sites for hydroxylation is 1. The number of non-ortho nitro benzene ring substituents is 1. The zero-order chi connectivity index (χ0) is 14.7. The standard InChI is InChI=1S/C14H17N3O3/c1-10(2)15-14(18)6-8-16-7-5-11-9-12(17(19)20)3-4-13(11)16/h3-5,7,9-10H,6,8H2,1-2H3,(H,15,18). The van der Waals surface area contributed by atoms with Gasteiger partial charge in [0.15, 0.2) is 0 Å². The van der Waals surface area contributed by atoms with Crippen LogP contribution in [-0.4, -0.2) is 21.4 Å². The van der Waals surface area contributed by atoms with Crippen LogP contribution in [0.5, 0.6) is 0 Å². The van der Waals surface area contributed by atoms with Crippen LogP contribution in [0.2, 0.25) is 0 Å². The van der Waals surface area contributed by atoms with Crippen molar-refractivity contribution in [3.8, 4) is 0 Å². The van der Waals surface area contributed by atoms with Gasteiger partial charge in [-0.2, -0.15) is 0 Å². The molecule has 106 valence electrons. The van der Waals surface area contributed by atoms with E-state index in [4.69, 9.17) is 0 Å². The Labute approximate surface area is 116 Å². The van der Waals surface area contributed by atoms with E-state index in [1.54, 1.807) is 12.1 Å². The average Bonchev–Trinajstić information content (AvgIpc) is 2.77. The van der Waals surface area contributed by atoms with Crippen molar-refractivity contribution in [3.05, 3.63) is 40.6 Å². The number of rotatable bonds is 5. The topological polar surface area (TPSA) is 77.2 Å². The molecule has 6 heteroatoms. The molecule has 0 atom stereocenters. The molecule has 0 saturated heterocycles. The maximum Gasteiger partial charge on any atom is 0.270 e. The van der Waals surface area contributed by atoms with Gasteiger partial charge in [0, 0.05) is 48.2 Å². The van der Waals surface area contributed by atoms with Gasteiger partial charge in [-0.05, 0) is 26.0 Å². The Bertz CT molecular complexity index is 646. The summed E-state index contributed by atoms with van der Waals surface area (Å²) in [5, 5.41) is 14.4. The second-order valence-electron chi connectivity index (χ2n) is 4.98. The molecule has 0 aliphatic rings. The Morgan fingerprint density at radius 2 is 2.15 bits per heavy atom. The van der Waals surface area contributed by atoms with E-state index in [1.165, 1.54) is 6.07 Å². The highest BCUT2D eigenvalue weighted by atomic mass is 16.6.